The fourth-order valence-electron chi connectivity index (χ4n) is 3.78. The third kappa shape index (κ3) is 4.08. The van der Waals surface area contributed by atoms with Crippen LogP contribution in [0.1, 0.15) is 24.8 Å². The van der Waals surface area contributed by atoms with E-state index in [9.17, 15) is 4.79 Å². The quantitative estimate of drug-likeness (QED) is 0.337. The minimum Gasteiger partial charge on any atom is -0.492 e. The van der Waals surface area contributed by atoms with E-state index in [1.807, 2.05) is 23.6 Å². The molecule has 1 fully saturated rings. The Morgan fingerprint density at radius 1 is 1.12 bits per heavy atom. The number of rotatable bonds is 5. The van der Waals surface area contributed by atoms with Gasteiger partial charge in [0.1, 0.15) is 17.2 Å². The van der Waals surface area contributed by atoms with Crippen LogP contribution in [-0.2, 0) is 4.79 Å². The van der Waals surface area contributed by atoms with E-state index in [0.29, 0.717) is 57.2 Å². The number of carbonyl (C=O) groups excluding carboxylic acids is 1. The zero-order valence-corrected chi connectivity index (χ0v) is 19.2. The Bertz CT molecular complexity index is 1350. The Morgan fingerprint density at radius 3 is 2.75 bits per heavy atom. The third-order valence-corrected chi connectivity index (χ3v) is 6.26. The second-order valence-electron chi connectivity index (χ2n) is 7.87. The van der Waals surface area contributed by atoms with Crippen molar-refractivity contribution < 1.29 is 14.1 Å². The van der Waals surface area contributed by atoms with Crippen LogP contribution < -0.4 is 4.74 Å². The molecule has 0 bridgehead atoms. The molecule has 164 valence electrons. The molecule has 0 amide bonds. The number of carbonyl (C=O) groups is 1. The van der Waals surface area contributed by atoms with Crippen LogP contribution in [0.2, 0.25) is 15.1 Å². The van der Waals surface area contributed by atoms with Crippen LogP contribution in [-0.4, -0.2) is 31.9 Å². The van der Waals surface area contributed by atoms with Gasteiger partial charge in [0.15, 0.2) is 5.65 Å². The van der Waals surface area contributed by atoms with Gasteiger partial charge in [-0.2, -0.15) is 4.98 Å². The molecule has 1 atom stereocenters. The van der Waals surface area contributed by atoms with Crippen molar-refractivity contribution >= 4 is 46.2 Å². The van der Waals surface area contributed by atoms with Crippen LogP contribution in [0.4, 0.5) is 0 Å². The summed E-state index contributed by atoms with van der Waals surface area (Å²) in [6.07, 6.45) is 5.67. The van der Waals surface area contributed by atoms with Gasteiger partial charge in [-0.1, -0.05) is 40.0 Å². The maximum Gasteiger partial charge on any atom is 0.278 e. The van der Waals surface area contributed by atoms with Crippen molar-refractivity contribution in [2.45, 2.75) is 26.2 Å². The summed E-state index contributed by atoms with van der Waals surface area (Å²) >= 11 is 19.1. The number of imidazole rings is 1. The lowest BCUT2D eigenvalue weighted by Crippen LogP contribution is -2.09. The smallest absolute Gasteiger partial charge is 0.278 e. The second-order valence-corrected chi connectivity index (χ2v) is 9.09. The molecule has 10 heteroatoms. The van der Waals surface area contributed by atoms with E-state index in [2.05, 4.69) is 15.1 Å². The Morgan fingerprint density at radius 2 is 1.97 bits per heavy atom. The third-order valence-electron chi connectivity index (χ3n) is 5.37. The van der Waals surface area contributed by atoms with Crippen LogP contribution in [0.15, 0.2) is 35.1 Å². The SMILES string of the molecule is Cc1cc(Cl)c2nc(-c3nc(-c4cc(Cl)c(OC[C@H]5CCC(=O)C5)cc4Cl)no3)cn2c1. The number of fused-ring (bicyclic) bond motifs is 1. The Kier molecular flexibility index (Phi) is 5.57. The van der Waals surface area contributed by atoms with Crippen molar-refractivity contribution in [1.82, 2.24) is 19.5 Å². The molecule has 0 aliphatic heterocycles. The van der Waals surface area contributed by atoms with Crippen molar-refractivity contribution in [3.05, 3.63) is 51.2 Å². The average molecular weight is 492 g/mol. The number of benzene rings is 1. The number of halogens is 3. The van der Waals surface area contributed by atoms with E-state index < -0.39 is 0 Å². The second kappa shape index (κ2) is 8.39. The molecule has 0 N–H and O–H groups in total. The summed E-state index contributed by atoms with van der Waals surface area (Å²) in [5.74, 6) is 1.44. The first-order chi connectivity index (χ1) is 15.4. The minimum atomic E-state index is 0.208. The normalized spacial score (nSPS) is 16.2. The van der Waals surface area contributed by atoms with Crippen LogP contribution in [0.5, 0.6) is 5.75 Å². The molecule has 1 aliphatic rings. The van der Waals surface area contributed by atoms with E-state index in [0.717, 1.165) is 12.0 Å². The molecule has 0 unspecified atom stereocenters. The van der Waals surface area contributed by atoms with Gasteiger partial charge in [0, 0.05) is 42.8 Å². The van der Waals surface area contributed by atoms with Crippen molar-refractivity contribution in [3.8, 4) is 28.7 Å². The van der Waals surface area contributed by atoms with Crippen molar-refractivity contribution in [2.24, 2.45) is 5.92 Å². The molecular weight excluding hydrogens is 475 g/mol. The van der Waals surface area contributed by atoms with Gasteiger partial charge in [-0.05, 0) is 31.0 Å². The number of ether oxygens (including phenoxy) is 1. The molecule has 1 aromatic carbocycles. The molecule has 32 heavy (non-hydrogen) atoms. The van der Waals surface area contributed by atoms with E-state index in [4.69, 9.17) is 44.1 Å². The summed E-state index contributed by atoms with van der Waals surface area (Å²) in [5, 5.41) is 5.30. The number of hydrogen-bond acceptors (Lipinski definition) is 6. The zero-order chi connectivity index (χ0) is 22.4. The molecule has 0 saturated heterocycles. The predicted octanol–water partition coefficient (Wildman–Crippen LogP) is 6.07. The van der Waals surface area contributed by atoms with Gasteiger partial charge in [0.05, 0.1) is 21.7 Å². The van der Waals surface area contributed by atoms with E-state index >= 15 is 0 Å². The first-order valence-corrected chi connectivity index (χ1v) is 11.1. The topological polar surface area (TPSA) is 82.5 Å². The van der Waals surface area contributed by atoms with Gasteiger partial charge in [-0.3, -0.25) is 4.79 Å². The highest BCUT2D eigenvalue weighted by molar-refractivity contribution is 6.36. The fraction of sp³-hybridized carbons (Fsp3) is 0.273. The fourth-order valence-corrected chi connectivity index (χ4v) is 4.55. The molecule has 0 spiro atoms. The summed E-state index contributed by atoms with van der Waals surface area (Å²) in [4.78, 5) is 20.3. The maximum atomic E-state index is 11.4. The van der Waals surface area contributed by atoms with Gasteiger partial charge in [-0.15, -0.1) is 0 Å². The van der Waals surface area contributed by atoms with Gasteiger partial charge in [0.2, 0.25) is 5.82 Å². The van der Waals surface area contributed by atoms with E-state index in [-0.39, 0.29) is 23.4 Å². The summed E-state index contributed by atoms with van der Waals surface area (Å²) in [6.45, 7) is 2.37. The highest BCUT2D eigenvalue weighted by Gasteiger charge is 2.23. The largest absolute Gasteiger partial charge is 0.492 e. The Hall–Kier alpha value is -2.61. The summed E-state index contributed by atoms with van der Waals surface area (Å²) in [6, 6.07) is 5.10. The number of aryl methyl sites for hydroxylation is 1. The van der Waals surface area contributed by atoms with Crippen LogP contribution in [0.25, 0.3) is 28.6 Å². The lowest BCUT2D eigenvalue weighted by atomic mass is 10.1. The van der Waals surface area contributed by atoms with Gasteiger partial charge in [0.25, 0.3) is 5.89 Å². The maximum absolute atomic E-state index is 11.4. The number of ketones is 1. The standard InChI is InChI=1S/C22H17Cl3N4O3/c1-11-4-17(25)21-26-18(9-29(21)8-11)22-27-20(28-32-22)14-6-16(24)19(7-15(14)23)31-10-12-2-3-13(30)5-12/h4,6-9,12H,2-3,5,10H2,1H3/t12-/m0/s1. The van der Waals surface area contributed by atoms with Crippen LogP contribution in [0.3, 0.4) is 0 Å². The highest BCUT2D eigenvalue weighted by Crippen LogP contribution is 2.37. The summed E-state index contributed by atoms with van der Waals surface area (Å²) < 4.78 is 13.0. The lowest BCUT2D eigenvalue weighted by molar-refractivity contribution is -0.117. The zero-order valence-electron chi connectivity index (χ0n) is 16.9. The molecular formula is C22H17Cl3N4O3. The van der Waals surface area contributed by atoms with Gasteiger partial charge in [-0.25, -0.2) is 4.98 Å². The predicted molar refractivity (Wildman–Crippen MR) is 122 cm³/mol. The molecule has 3 aromatic heterocycles. The first kappa shape index (κ1) is 21.2. The monoisotopic (exact) mass is 490 g/mol. The number of aromatic nitrogens is 4. The van der Waals surface area contributed by atoms with E-state index in [1.165, 1.54) is 0 Å². The van der Waals surface area contributed by atoms with Crippen LogP contribution in [0, 0.1) is 12.8 Å². The number of hydrogen-bond donors (Lipinski definition) is 0. The molecule has 5 rings (SSSR count). The minimum absolute atomic E-state index is 0.208. The molecule has 7 nitrogen and oxygen atoms in total. The number of nitrogens with zero attached hydrogens (tertiary/aromatic N) is 4. The number of pyridine rings is 1. The average Bonchev–Trinajstić information content (AvgIpc) is 3.47. The Balaban J connectivity index is 1.39. The molecule has 1 aliphatic carbocycles. The summed E-state index contributed by atoms with van der Waals surface area (Å²) in [7, 11) is 0. The van der Waals surface area contributed by atoms with Gasteiger partial charge >= 0.3 is 0 Å². The van der Waals surface area contributed by atoms with Crippen molar-refractivity contribution in [1.29, 1.82) is 0 Å². The van der Waals surface area contributed by atoms with E-state index in [1.54, 1.807) is 18.3 Å². The number of Topliss-reactive ketones (excluding diaryl/α,β-unsaturated/α-hetero) is 1. The van der Waals surface area contributed by atoms with Gasteiger partial charge < -0.3 is 13.7 Å². The molecule has 4 aromatic rings. The molecule has 1 saturated carbocycles. The lowest BCUT2D eigenvalue weighted by Gasteiger charge is -2.13. The van der Waals surface area contributed by atoms with Crippen LogP contribution >= 0.6 is 34.8 Å². The first-order valence-electron chi connectivity index (χ1n) is 10.00. The molecule has 0 radical (unpaired) electrons. The van der Waals surface area contributed by atoms with Crippen molar-refractivity contribution in [3.63, 3.8) is 0 Å². The Labute approximate surface area is 198 Å². The molecule has 3 heterocycles. The highest BCUT2D eigenvalue weighted by atomic mass is 35.5. The van der Waals surface area contributed by atoms with Crippen molar-refractivity contribution in [2.75, 3.05) is 6.61 Å². The summed E-state index contributed by atoms with van der Waals surface area (Å²) in [5.41, 5.74) is 2.59.